The molecule has 0 aromatic carbocycles. The van der Waals surface area contributed by atoms with Crippen molar-refractivity contribution >= 4 is 0 Å². The van der Waals surface area contributed by atoms with Crippen LogP contribution in [0.15, 0.2) is 11.3 Å². The van der Waals surface area contributed by atoms with Crippen LogP contribution < -0.4 is 0 Å². The maximum atomic E-state index is 6.11. The molecule has 0 aromatic rings. The average Bonchev–Trinajstić information content (AvgIpc) is 2.48. The highest BCUT2D eigenvalue weighted by Gasteiger charge is 2.48. The van der Waals surface area contributed by atoms with Gasteiger partial charge in [0.25, 0.3) is 0 Å². The molecule has 4 rings (SSSR count). The molecule has 0 radical (unpaired) electrons. The lowest BCUT2D eigenvalue weighted by Crippen LogP contribution is -2.51. The molecular formula is C15H22O3. The number of hydrogen-bond donors (Lipinski definition) is 0. The summed E-state index contributed by atoms with van der Waals surface area (Å²) in [5.74, 6) is 2.37. The van der Waals surface area contributed by atoms with Gasteiger partial charge in [-0.1, -0.05) is 0 Å². The van der Waals surface area contributed by atoms with Gasteiger partial charge in [-0.05, 0) is 44.1 Å². The first-order valence-corrected chi connectivity index (χ1v) is 7.54. The van der Waals surface area contributed by atoms with Gasteiger partial charge in [0.1, 0.15) is 5.76 Å². The van der Waals surface area contributed by atoms with E-state index in [0.29, 0.717) is 24.0 Å². The molecule has 0 N–H and O–H groups in total. The summed E-state index contributed by atoms with van der Waals surface area (Å²) >= 11 is 0. The Kier molecular flexibility index (Phi) is 2.85. The average molecular weight is 250 g/mol. The van der Waals surface area contributed by atoms with E-state index in [1.165, 1.54) is 43.4 Å². The van der Waals surface area contributed by atoms with Crippen LogP contribution in [0.3, 0.4) is 0 Å². The van der Waals surface area contributed by atoms with Crippen molar-refractivity contribution in [3.8, 4) is 0 Å². The van der Waals surface area contributed by atoms with Gasteiger partial charge >= 0.3 is 0 Å². The second kappa shape index (κ2) is 4.53. The van der Waals surface area contributed by atoms with Crippen LogP contribution in [0.25, 0.3) is 0 Å². The Morgan fingerprint density at radius 2 is 1.78 bits per heavy atom. The molecule has 100 valence electrons. The van der Waals surface area contributed by atoms with Gasteiger partial charge in [0.15, 0.2) is 0 Å². The Balaban J connectivity index is 1.74. The molecule has 4 aliphatic rings. The molecule has 3 fully saturated rings. The Labute approximate surface area is 108 Å². The van der Waals surface area contributed by atoms with Crippen LogP contribution in [0, 0.1) is 11.8 Å². The smallest absolute Gasteiger partial charge is 0.103 e. The normalized spacial score (nSPS) is 43.6. The number of fused-ring (bicyclic) bond motifs is 5. The van der Waals surface area contributed by atoms with Gasteiger partial charge in [-0.2, -0.15) is 0 Å². The summed E-state index contributed by atoms with van der Waals surface area (Å²) < 4.78 is 18.2. The maximum absolute atomic E-state index is 6.11. The zero-order valence-corrected chi connectivity index (χ0v) is 10.9. The monoisotopic (exact) mass is 250 g/mol. The third kappa shape index (κ3) is 1.64. The maximum Gasteiger partial charge on any atom is 0.103 e. The predicted molar refractivity (Wildman–Crippen MR) is 67.1 cm³/mol. The summed E-state index contributed by atoms with van der Waals surface area (Å²) in [6.45, 7) is 2.72. The molecule has 0 amide bonds. The SMILES string of the molecule is C1COC2C(=C3OCCCC3C3OCCCC23)C1. The molecule has 3 saturated heterocycles. The summed E-state index contributed by atoms with van der Waals surface area (Å²) in [5.41, 5.74) is 1.48. The third-order valence-electron chi connectivity index (χ3n) is 5.00. The standard InChI is InChI=1S/C15H22O3/c1-4-10-13(16-7-1)11-5-2-9-18-15(11)12-6-3-8-17-14(10)12/h10-11,13-14H,1-9H2. The van der Waals surface area contributed by atoms with Crippen molar-refractivity contribution in [2.45, 2.75) is 50.7 Å². The van der Waals surface area contributed by atoms with Crippen molar-refractivity contribution in [2.24, 2.45) is 11.8 Å². The van der Waals surface area contributed by atoms with Gasteiger partial charge in [-0.25, -0.2) is 0 Å². The predicted octanol–water partition coefficient (Wildman–Crippen LogP) is 2.65. The van der Waals surface area contributed by atoms with Crippen molar-refractivity contribution in [3.05, 3.63) is 11.3 Å². The lowest BCUT2D eigenvalue weighted by Gasteiger charge is -2.49. The minimum Gasteiger partial charge on any atom is -0.497 e. The van der Waals surface area contributed by atoms with Gasteiger partial charge in [-0.15, -0.1) is 0 Å². The zero-order chi connectivity index (χ0) is 11.9. The van der Waals surface area contributed by atoms with Crippen molar-refractivity contribution in [1.29, 1.82) is 0 Å². The molecule has 3 heteroatoms. The second-order valence-electron chi connectivity index (χ2n) is 6.02. The van der Waals surface area contributed by atoms with Crippen molar-refractivity contribution in [3.63, 3.8) is 0 Å². The quantitative estimate of drug-likeness (QED) is 0.661. The van der Waals surface area contributed by atoms with E-state index in [9.17, 15) is 0 Å². The van der Waals surface area contributed by atoms with Crippen LogP contribution in [-0.2, 0) is 14.2 Å². The topological polar surface area (TPSA) is 27.7 Å². The number of rotatable bonds is 0. The lowest BCUT2D eigenvalue weighted by atomic mass is 9.70. The van der Waals surface area contributed by atoms with Crippen LogP contribution in [0.5, 0.6) is 0 Å². The summed E-state index contributed by atoms with van der Waals surface area (Å²) in [7, 11) is 0. The van der Waals surface area contributed by atoms with E-state index in [0.717, 1.165) is 26.2 Å². The van der Waals surface area contributed by atoms with Crippen LogP contribution in [-0.4, -0.2) is 32.0 Å². The third-order valence-corrected chi connectivity index (χ3v) is 5.00. The Morgan fingerprint density at radius 1 is 0.889 bits per heavy atom. The summed E-state index contributed by atoms with van der Waals surface area (Å²) in [6.07, 6.45) is 7.88. The number of ether oxygens (including phenoxy) is 3. The Morgan fingerprint density at radius 3 is 2.78 bits per heavy atom. The van der Waals surface area contributed by atoms with Crippen LogP contribution in [0.4, 0.5) is 0 Å². The Hall–Kier alpha value is -0.540. The highest BCUT2D eigenvalue weighted by Crippen LogP contribution is 2.48. The van der Waals surface area contributed by atoms with E-state index >= 15 is 0 Å². The highest BCUT2D eigenvalue weighted by molar-refractivity contribution is 5.26. The molecule has 0 aromatic heterocycles. The Bertz CT molecular complexity index is 329. The molecule has 4 unspecified atom stereocenters. The minimum absolute atomic E-state index is 0.299. The van der Waals surface area contributed by atoms with E-state index in [4.69, 9.17) is 14.2 Å². The van der Waals surface area contributed by atoms with Gasteiger partial charge in [0, 0.05) is 25.0 Å². The van der Waals surface area contributed by atoms with E-state index in [1.54, 1.807) is 0 Å². The lowest BCUT2D eigenvalue weighted by molar-refractivity contribution is -0.135. The molecular weight excluding hydrogens is 228 g/mol. The molecule has 1 aliphatic carbocycles. The highest BCUT2D eigenvalue weighted by atomic mass is 16.5. The fraction of sp³-hybridized carbons (Fsp3) is 0.867. The summed E-state index contributed by atoms with van der Waals surface area (Å²) in [4.78, 5) is 0. The van der Waals surface area contributed by atoms with E-state index in [2.05, 4.69) is 0 Å². The molecule has 3 nitrogen and oxygen atoms in total. The van der Waals surface area contributed by atoms with Crippen LogP contribution in [0.2, 0.25) is 0 Å². The summed E-state index contributed by atoms with van der Waals surface area (Å²) in [5, 5.41) is 0. The van der Waals surface area contributed by atoms with Crippen molar-refractivity contribution in [1.82, 2.24) is 0 Å². The zero-order valence-electron chi connectivity index (χ0n) is 10.9. The van der Waals surface area contributed by atoms with Crippen LogP contribution in [0.1, 0.15) is 38.5 Å². The fourth-order valence-electron chi connectivity index (χ4n) is 4.29. The van der Waals surface area contributed by atoms with Gasteiger partial charge in [-0.3, -0.25) is 0 Å². The second-order valence-corrected chi connectivity index (χ2v) is 6.02. The van der Waals surface area contributed by atoms with Crippen LogP contribution >= 0.6 is 0 Å². The van der Waals surface area contributed by atoms with Gasteiger partial charge in [0.05, 0.1) is 18.8 Å². The molecule has 0 saturated carbocycles. The molecule has 4 atom stereocenters. The molecule has 0 spiro atoms. The van der Waals surface area contributed by atoms with Gasteiger partial charge < -0.3 is 14.2 Å². The minimum atomic E-state index is 0.299. The van der Waals surface area contributed by atoms with E-state index < -0.39 is 0 Å². The summed E-state index contributed by atoms with van der Waals surface area (Å²) in [6, 6.07) is 0. The number of hydrogen-bond acceptors (Lipinski definition) is 3. The fourth-order valence-corrected chi connectivity index (χ4v) is 4.29. The van der Waals surface area contributed by atoms with Crippen molar-refractivity contribution in [2.75, 3.05) is 19.8 Å². The van der Waals surface area contributed by atoms with E-state index in [1.807, 2.05) is 0 Å². The van der Waals surface area contributed by atoms with Crippen molar-refractivity contribution < 1.29 is 14.2 Å². The molecule has 18 heavy (non-hydrogen) atoms. The van der Waals surface area contributed by atoms with E-state index in [-0.39, 0.29) is 0 Å². The first-order chi connectivity index (χ1) is 8.95. The molecule has 0 bridgehead atoms. The molecule has 3 aliphatic heterocycles. The first kappa shape index (κ1) is 11.3. The van der Waals surface area contributed by atoms with Gasteiger partial charge in [0.2, 0.25) is 0 Å². The first-order valence-electron chi connectivity index (χ1n) is 7.54. The molecule has 3 heterocycles. The largest absolute Gasteiger partial charge is 0.497 e.